The van der Waals surface area contributed by atoms with E-state index in [4.69, 9.17) is 0 Å². The molecule has 8 heteroatoms. The van der Waals surface area contributed by atoms with Crippen molar-refractivity contribution in [1.82, 2.24) is 4.90 Å². The molecule has 0 bridgehead atoms. The van der Waals surface area contributed by atoms with Crippen LogP contribution in [0.1, 0.15) is 31.2 Å². The molecule has 0 spiro atoms. The summed E-state index contributed by atoms with van der Waals surface area (Å²) in [5.74, 6) is -1.49. The highest BCUT2D eigenvalue weighted by Crippen LogP contribution is 2.22. The minimum Gasteiger partial charge on any atom is -0.480 e. The lowest BCUT2D eigenvalue weighted by molar-refractivity contribution is -0.384. The number of carbonyl (C=O) groups is 2. The lowest BCUT2D eigenvalue weighted by Gasteiger charge is -2.31. The second-order valence-electron chi connectivity index (χ2n) is 5.96. The highest BCUT2D eigenvalue weighted by molar-refractivity contribution is 5.94. The zero-order chi connectivity index (χ0) is 17.7. The third kappa shape index (κ3) is 4.51. The number of carboxylic acid groups (broad SMARTS) is 1. The molecule has 8 nitrogen and oxygen atoms in total. The third-order valence-electron chi connectivity index (χ3n) is 4.20. The molecule has 1 saturated heterocycles. The van der Waals surface area contributed by atoms with Crippen LogP contribution in [0.5, 0.6) is 0 Å². The number of carboxylic acids is 1. The fourth-order valence-corrected chi connectivity index (χ4v) is 2.84. The summed E-state index contributed by atoms with van der Waals surface area (Å²) >= 11 is 0. The molecule has 0 saturated carbocycles. The Morgan fingerprint density at radius 1 is 1.33 bits per heavy atom. The van der Waals surface area contributed by atoms with Gasteiger partial charge in [-0.15, -0.1) is 0 Å². The van der Waals surface area contributed by atoms with Gasteiger partial charge in [-0.2, -0.15) is 0 Å². The molecule has 1 atom stereocenters. The first-order valence-corrected chi connectivity index (χ1v) is 7.90. The van der Waals surface area contributed by atoms with Crippen LogP contribution >= 0.6 is 0 Å². The number of hydrogen-bond donors (Lipinski definition) is 2. The number of nitrogens with one attached hydrogen (secondary N) is 1. The quantitative estimate of drug-likeness (QED) is 0.608. The van der Waals surface area contributed by atoms with Gasteiger partial charge in [0.2, 0.25) is 5.91 Å². The van der Waals surface area contributed by atoms with E-state index in [-0.39, 0.29) is 12.1 Å². The number of nitro benzene ring substituents is 1. The number of benzene rings is 1. The van der Waals surface area contributed by atoms with Crippen LogP contribution in [-0.2, 0) is 9.59 Å². The second-order valence-corrected chi connectivity index (χ2v) is 5.96. The van der Waals surface area contributed by atoms with E-state index in [0.717, 1.165) is 19.3 Å². The van der Waals surface area contributed by atoms with Gasteiger partial charge in [0.15, 0.2) is 0 Å². The monoisotopic (exact) mass is 335 g/mol. The van der Waals surface area contributed by atoms with Crippen LogP contribution in [0.2, 0.25) is 0 Å². The third-order valence-corrected chi connectivity index (χ3v) is 4.20. The Bertz CT molecular complexity index is 641. The summed E-state index contributed by atoms with van der Waals surface area (Å²) in [5.41, 5.74) is 0.887. The molecule has 1 aliphatic rings. The van der Waals surface area contributed by atoms with E-state index in [1.165, 1.54) is 12.1 Å². The highest BCUT2D eigenvalue weighted by Gasteiger charge is 2.29. The van der Waals surface area contributed by atoms with Crippen LogP contribution < -0.4 is 5.32 Å². The molecule has 0 aliphatic carbocycles. The maximum atomic E-state index is 12.2. The van der Waals surface area contributed by atoms with Gasteiger partial charge in [-0.1, -0.05) is 12.5 Å². The highest BCUT2D eigenvalue weighted by atomic mass is 16.6. The van der Waals surface area contributed by atoms with E-state index in [0.29, 0.717) is 24.3 Å². The number of amides is 1. The van der Waals surface area contributed by atoms with Crippen LogP contribution in [0.15, 0.2) is 18.2 Å². The number of carbonyl (C=O) groups excluding carboxylic acids is 1. The maximum Gasteiger partial charge on any atom is 0.321 e. The molecule has 130 valence electrons. The fraction of sp³-hybridized carbons (Fsp3) is 0.500. The zero-order valence-corrected chi connectivity index (χ0v) is 13.5. The predicted octanol–water partition coefficient (Wildman–Crippen LogP) is 2.17. The van der Waals surface area contributed by atoms with Gasteiger partial charge in [-0.05, 0) is 38.4 Å². The van der Waals surface area contributed by atoms with E-state index < -0.39 is 22.8 Å². The summed E-state index contributed by atoms with van der Waals surface area (Å²) in [7, 11) is 0. The summed E-state index contributed by atoms with van der Waals surface area (Å²) in [5, 5.41) is 22.8. The first-order valence-electron chi connectivity index (χ1n) is 7.90. The van der Waals surface area contributed by atoms with Crippen molar-refractivity contribution in [2.75, 3.05) is 18.4 Å². The summed E-state index contributed by atoms with van der Waals surface area (Å²) in [4.78, 5) is 35.8. The lowest BCUT2D eigenvalue weighted by atomic mass is 10.1. The molecule has 1 fully saturated rings. The summed E-state index contributed by atoms with van der Waals surface area (Å²) in [6.07, 6.45) is 2.74. The number of hydrogen-bond acceptors (Lipinski definition) is 5. The molecule has 1 amide bonds. The Morgan fingerprint density at radius 3 is 2.58 bits per heavy atom. The largest absolute Gasteiger partial charge is 0.480 e. The summed E-state index contributed by atoms with van der Waals surface area (Å²) in [6.45, 7) is 3.05. The summed E-state index contributed by atoms with van der Waals surface area (Å²) < 4.78 is 0. The van der Waals surface area contributed by atoms with Gasteiger partial charge in [-0.25, -0.2) is 0 Å². The van der Waals surface area contributed by atoms with Crippen LogP contribution in [-0.4, -0.2) is 45.9 Å². The fourth-order valence-electron chi connectivity index (χ4n) is 2.84. The average Bonchev–Trinajstić information content (AvgIpc) is 2.55. The van der Waals surface area contributed by atoms with Gasteiger partial charge in [0, 0.05) is 12.1 Å². The number of likely N-dealkylation sites (tertiary alicyclic amines) is 1. The molecule has 0 radical (unpaired) electrons. The Kier molecular flexibility index (Phi) is 5.86. The Morgan fingerprint density at radius 2 is 2.00 bits per heavy atom. The number of non-ortho nitro benzene ring substituents is 1. The molecule has 1 aromatic carbocycles. The number of nitro groups is 1. The number of anilines is 1. The number of aliphatic carboxylic acids is 1. The lowest BCUT2D eigenvalue weighted by Crippen LogP contribution is -2.45. The van der Waals surface area contributed by atoms with Crippen LogP contribution in [0.3, 0.4) is 0 Å². The molecule has 1 aliphatic heterocycles. The molecule has 0 aromatic heterocycles. The van der Waals surface area contributed by atoms with Crippen molar-refractivity contribution in [3.05, 3.63) is 33.9 Å². The Hall–Kier alpha value is -2.48. The number of piperidine rings is 1. The molecule has 24 heavy (non-hydrogen) atoms. The van der Waals surface area contributed by atoms with E-state index in [2.05, 4.69) is 5.32 Å². The van der Waals surface area contributed by atoms with Crippen LogP contribution in [0.25, 0.3) is 0 Å². The standard InChI is InChI=1S/C16H21N3O5/c1-11-5-6-12(19(23)24)9-13(11)17-15(20)10-14(16(21)22)18-7-3-2-4-8-18/h5-6,9,14H,2-4,7-8,10H2,1H3,(H,17,20)(H,21,22). The SMILES string of the molecule is Cc1ccc([N+](=O)[O-])cc1NC(=O)CC(C(=O)O)N1CCCCC1. The first-order chi connectivity index (χ1) is 11.4. The molecular formula is C16H21N3O5. The van der Waals surface area contributed by atoms with Crippen molar-refractivity contribution in [3.63, 3.8) is 0 Å². The number of nitrogens with zero attached hydrogens (tertiary/aromatic N) is 2. The van der Waals surface area contributed by atoms with Gasteiger partial charge < -0.3 is 10.4 Å². The molecule has 1 unspecified atom stereocenters. The molecule has 1 aromatic rings. The normalized spacial score (nSPS) is 16.4. The van der Waals surface area contributed by atoms with Gasteiger partial charge in [0.25, 0.3) is 5.69 Å². The first kappa shape index (κ1) is 17.9. The predicted molar refractivity (Wildman–Crippen MR) is 87.9 cm³/mol. The Balaban J connectivity index is 2.06. The molecule has 1 heterocycles. The topological polar surface area (TPSA) is 113 Å². The smallest absolute Gasteiger partial charge is 0.321 e. The van der Waals surface area contributed by atoms with Crippen molar-refractivity contribution >= 4 is 23.3 Å². The Labute approximate surface area is 139 Å². The van der Waals surface area contributed by atoms with E-state index in [9.17, 15) is 24.8 Å². The molecule has 2 N–H and O–H groups in total. The minimum absolute atomic E-state index is 0.123. The van der Waals surface area contributed by atoms with Crippen molar-refractivity contribution < 1.29 is 19.6 Å². The second kappa shape index (κ2) is 7.87. The van der Waals surface area contributed by atoms with E-state index >= 15 is 0 Å². The van der Waals surface area contributed by atoms with E-state index in [1.54, 1.807) is 13.0 Å². The average molecular weight is 335 g/mol. The van der Waals surface area contributed by atoms with Gasteiger partial charge in [0.1, 0.15) is 6.04 Å². The molecule has 2 rings (SSSR count). The van der Waals surface area contributed by atoms with Crippen LogP contribution in [0.4, 0.5) is 11.4 Å². The van der Waals surface area contributed by atoms with Gasteiger partial charge >= 0.3 is 5.97 Å². The van der Waals surface area contributed by atoms with Crippen LogP contribution in [0, 0.1) is 17.0 Å². The number of aryl methyl sites for hydroxylation is 1. The minimum atomic E-state index is -1.03. The van der Waals surface area contributed by atoms with Gasteiger partial charge in [0.05, 0.1) is 17.0 Å². The van der Waals surface area contributed by atoms with Gasteiger partial charge in [-0.3, -0.25) is 24.6 Å². The summed E-state index contributed by atoms with van der Waals surface area (Å²) in [6, 6.07) is 3.32. The van der Waals surface area contributed by atoms with E-state index in [1.807, 2.05) is 4.90 Å². The van der Waals surface area contributed by atoms with Crippen molar-refractivity contribution in [2.45, 2.75) is 38.6 Å². The van der Waals surface area contributed by atoms with Crippen molar-refractivity contribution in [1.29, 1.82) is 0 Å². The zero-order valence-electron chi connectivity index (χ0n) is 13.5. The number of rotatable bonds is 6. The van der Waals surface area contributed by atoms with Crippen molar-refractivity contribution in [2.24, 2.45) is 0 Å². The maximum absolute atomic E-state index is 12.2. The molecular weight excluding hydrogens is 314 g/mol. The van der Waals surface area contributed by atoms with Crippen molar-refractivity contribution in [3.8, 4) is 0 Å².